The molecule has 8 heteroatoms. The highest BCUT2D eigenvalue weighted by Crippen LogP contribution is 2.42. The van der Waals surface area contributed by atoms with Crippen LogP contribution in [0.2, 0.25) is 0 Å². The highest BCUT2D eigenvalue weighted by molar-refractivity contribution is 6.15. The van der Waals surface area contributed by atoms with Crippen LogP contribution in [0.25, 0.3) is 10.9 Å². The molecule has 3 heterocycles. The third-order valence-electron chi connectivity index (χ3n) is 4.97. The minimum atomic E-state index is -0.411. The van der Waals surface area contributed by atoms with Crippen LogP contribution in [0.15, 0.2) is 12.1 Å². The number of fused-ring (bicyclic) bond motifs is 2. The number of rotatable bonds is 5. The first-order valence-electron chi connectivity index (χ1n) is 9.50. The molecule has 2 aliphatic rings. The topological polar surface area (TPSA) is 95.9 Å². The maximum absolute atomic E-state index is 12.7. The number of carbonyl (C=O) groups is 3. The number of ketones is 1. The highest BCUT2D eigenvalue weighted by Gasteiger charge is 2.33. The summed E-state index contributed by atoms with van der Waals surface area (Å²) in [5.74, 6) is -0.230. The lowest BCUT2D eigenvalue weighted by atomic mass is 9.98. The fraction of sp³-hybridized carbons (Fsp3) is 0.450. The zero-order valence-electron chi connectivity index (χ0n) is 15.9. The van der Waals surface area contributed by atoms with Crippen LogP contribution in [0, 0.1) is 0 Å². The average molecular weight is 386 g/mol. The maximum Gasteiger partial charge on any atom is 0.354 e. The first-order valence-corrected chi connectivity index (χ1v) is 9.50. The van der Waals surface area contributed by atoms with Crippen molar-refractivity contribution in [2.45, 2.75) is 39.3 Å². The summed E-state index contributed by atoms with van der Waals surface area (Å²) in [4.78, 5) is 36.8. The van der Waals surface area contributed by atoms with Gasteiger partial charge >= 0.3 is 11.9 Å². The lowest BCUT2D eigenvalue weighted by Crippen LogP contribution is -2.34. The smallest absolute Gasteiger partial charge is 0.354 e. The van der Waals surface area contributed by atoms with Gasteiger partial charge in [0.25, 0.3) is 0 Å². The number of nitrogens with zero attached hydrogens (tertiary/aromatic N) is 1. The molecule has 1 unspecified atom stereocenters. The van der Waals surface area contributed by atoms with Crippen LogP contribution >= 0.6 is 0 Å². The van der Waals surface area contributed by atoms with Crippen molar-refractivity contribution in [1.29, 1.82) is 0 Å². The third kappa shape index (κ3) is 2.98. The summed E-state index contributed by atoms with van der Waals surface area (Å²) in [6, 6.07) is 3.53. The Hall–Kier alpha value is -3.03. The van der Waals surface area contributed by atoms with Gasteiger partial charge in [0.1, 0.15) is 17.5 Å². The van der Waals surface area contributed by atoms with Crippen molar-refractivity contribution < 1.29 is 28.6 Å². The summed E-state index contributed by atoms with van der Waals surface area (Å²) >= 11 is 0. The zero-order chi connectivity index (χ0) is 19.8. The van der Waals surface area contributed by atoms with Crippen molar-refractivity contribution in [3.63, 3.8) is 0 Å². The number of anilines is 1. The second-order valence-corrected chi connectivity index (χ2v) is 6.77. The molecule has 28 heavy (non-hydrogen) atoms. The van der Waals surface area contributed by atoms with Crippen LogP contribution in [-0.2, 0) is 20.8 Å². The van der Waals surface area contributed by atoms with Crippen LogP contribution in [0.5, 0.6) is 5.75 Å². The molecular formula is C20H22N2O6. The van der Waals surface area contributed by atoms with Crippen LogP contribution < -0.4 is 10.1 Å². The summed E-state index contributed by atoms with van der Waals surface area (Å²) in [6.07, 6.45) is 0.0334. The molecule has 148 valence electrons. The molecule has 0 bridgehead atoms. The van der Waals surface area contributed by atoms with Crippen molar-refractivity contribution >= 4 is 34.3 Å². The van der Waals surface area contributed by atoms with Crippen LogP contribution in [0.4, 0.5) is 5.69 Å². The molecule has 1 atom stereocenters. The van der Waals surface area contributed by atoms with E-state index in [0.29, 0.717) is 48.8 Å². The Kier molecular flexibility index (Phi) is 4.70. The number of benzene rings is 1. The van der Waals surface area contributed by atoms with Crippen molar-refractivity contribution in [3.05, 3.63) is 23.4 Å². The van der Waals surface area contributed by atoms with Gasteiger partial charge in [-0.25, -0.2) is 4.79 Å². The predicted octanol–water partition coefficient (Wildman–Crippen LogP) is 2.53. The Morgan fingerprint density at radius 1 is 1.25 bits per heavy atom. The molecule has 2 aromatic rings. The van der Waals surface area contributed by atoms with Gasteiger partial charge in [-0.2, -0.15) is 0 Å². The van der Waals surface area contributed by atoms with Gasteiger partial charge in [0.2, 0.25) is 0 Å². The van der Waals surface area contributed by atoms with Gasteiger partial charge in [-0.15, -0.1) is 0 Å². The molecule has 1 aromatic carbocycles. The molecule has 4 rings (SSSR count). The highest BCUT2D eigenvalue weighted by atomic mass is 16.5. The van der Waals surface area contributed by atoms with E-state index in [1.165, 1.54) is 0 Å². The van der Waals surface area contributed by atoms with Crippen LogP contribution in [-0.4, -0.2) is 48.2 Å². The molecule has 0 spiro atoms. The number of carbonyl (C=O) groups excluding carboxylic acids is 3. The van der Waals surface area contributed by atoms with E-state index in [0.717, 1.165) is 10.9 Å². The Bertz CT molecular complexity index is 977. The summed E-state index contributed by atoms with van der Waals surface area (Å²) in [5, 5.41) is 3.98. The number of Topliss-reactive ketones (excluding diaryl/α,β-unsaturated/α-hetero) is 1. The van der Waals surface area contributed by atoms with Gasteiger partial charge in [-0.1, -0.05) is 0 Å². The molecule has 1 aromatic heterocycles. The molecule has 1 N–H and O–H groups in total. The van der Waals surface area contributed by atoms with E-state index in [4.69, 9.17) is 14.2 Å². The van der Waals surface area contributed by atoms with Crippen molar-refractivity contribution in [3.8, 4) is 5.75 Å². The van der Waals surface area contributed by atoms with Crippen LogP contribution in [0.1, 0.15) is 47.5 Å². The van der Waals surface area contributed by atoms with Crippen molar-refractivity contribution in [1.82, 2.24) is 4.57 Å². The Morgan fingerprint density at radius 3 is 2.79 bits per heavy atom. The van der Waals surface area contributed by atoms with Gasteiger partial charge in [0, 0.05) is 18.4 Å². The standard InChI is InChI=1S/C20H22N2O6/c1-3-26-16(24)9-12-10-21-18-15(28-12)8-11-7-13(20(25)27-4-2)22-6-5-14(23)17(18)19(11)22/h7-8,12,21H,3-6,9-10H2,1-2H3. The van der Waals surface area contributed by atoms with Gasteiger partial charge in [-0.3, -0.25) is 9.59 Å². The van der Waals surface area contributed by atoms with Gasteiger partial charge in [0.05, 0.1) is 42.9 Å². The molecule has 0 saturated heterocycles. The quantitative estimate of drug-likeness (QED) is 0.789. The second kappa shape index (κ2) is 7.18. The van der Waals surface area contributed by atoms with Crippen LogP contribution in [0.3, 0.4) is 0 Å². The molecule has 0 fully saturated rings. The molecular weight excluding hydrogens is 364 g/mol. The van der Waals surface area contributed by atoms with Gasteiger partial charge < -0.3 is 24.1 Å². The summed E-state index contributed by atoms with van der Waals surface area (Å²) in [5.41, 5.74) is 2.30. The molecule has 0 amide bonds. The minimum Gasteiger partial charge on any atom is -0.486 e. The SMILES string of the molecule is CCOC(=O)CC1CNc2c(cc3cc(C(=O)OCC)n4c3c2C(=O)CC4)O1. The predicted molar refractivity (Wildman–Crippen MR) is 101 cm³/mol. The van der Waals surface area contributed by atoms with E-state index in [1.54, 1.807) is 26.0 Å². The average Bonchev–Trinajstić information content (AvgIpc) is 3.03. The maximum atomic E-state index is 12.7. The monoisotopic (exact) mass is 386 g/mol. The fourth-order valence-electron chi connectivity index (χ4n) is 3.86. The van der Waals surface area contributed by atoms with E-state index in [1.807, 2.05) is 4.57 Å². The van der Waals surface area contributed by atoms with Crippen molar-refractivity contribution in [2.75, 3.05) is 25.1 Å². The van der Waals surface area contributed by atoms with E-state index in [2.05, 4.69) is 5.32 Å². The number of nitrogens with one attached hydrogen (secondary N) is 1. The molecule has 0 saturated carbocycles. The normalized spacial score (nSPS) is 17.5. The summed E-state index contributed by atoms with van der Waals surface area (Å²) in [6.45, 7) is 4.94. The zero-order valence-corrected chi connectivity index (χ0v) is 15.9. The number of esters is 2. The number of aryl methyl sites for hydroxylation is 1. The largest absolute Gasteiger partial charge is 0.486 e. The fourth-order valence-corrected chi connectivity index (χ4v) is 3.86. The molecule has 8 nitrogen and oxygen atoms in total. The third-order valence-corrected chi connectivity index (χ3v) is 4.97. The number of hydrogen-bond acceptors (Lipinski definition) is 7. The number of hydrogen-bond donors (Lipinski definition) is 1. The van der Waals surface area contributed by atoms with E-state index in [9.17, 15) is 14.4 Å². The Morgan fingerprint density at radius 2 is 2.04 bits per heavy atom. The molecule has 0 aliphatic carbocycles. The first kappa shape index (κ1) is 18.3. The van der Waals surface area contributed by atoms with E-state index in [-0.39, 0.29) is 30.9 Å². The van der Waals surface area contributed by atoms with Gasteiger partial charge in [-0.05, 0) is 26.0 Å². The van der Waals surface area contributed by atoms with Crippen molar-refractivity contribution in [2.24, 2.45) is 0 Å². The summed E-state index contributed by atoms with van der Waals surface area (Å²) in [7, 11) is 0. The lowest BCUT2D eigenvalue weighted by Gasteiger charge is -2.30. The molecule has 0 radical (unpaired) electrons. The molecule has 2 aliphatic heterocycles. The minimum absolute atomic E-state index is 0.00259. The first-order chi connectivity index (χ1) is 13.5. The number of ether oxygens (including phenoxy) is 3. The summed E-state index contributed by atoms with van der Waals surface area (Å²) < 4.78 is 18.0. The lowest BCUT2D eigenvalue weighted by molar-refractivity contribution is -0.144. The Balaban J connectivity index is 1.76. The second-order valence-electron chi connectivity index (χ2n) is 6.77. The Labute approximate surface area is 161 Å². The van der Waals surface area contributed by atoms with E-state index >= 15 is 0 Å². The number of aromatic nitrogens is 1. The van der Waals surface area contributed by atoms with Gasteiger partial charge in [0.15, 0.2) is 5.78 Å². The van der Waals surface area contributed by atoms with E-state index < -0.39 is 5.97 Å².